The van der Waals surface area contributed by atoms with Gasteiger partial charge < -0.3 is 10.4 Å². The molecule has 0 aromatic heterocycles. The third kappa shape index (κ3) is 2.66. The lowest BCUT2D eigenvalue weighted by Gasteiger charge is -2.42. The van der Waals surface area contributed by atoms with Crippen molar-refractivity contribution in [2.75, 3.05) is 11.9 Å². The van der Waals surface area contributed by atoms with Gasteiger partial charge in [-0.15, -0.1) is 0 Å². The molecule has 1 aliphatic rings. The number of aliphatic hydroxyl groups excluding tert-OH is 1. The van der Waals surface area contributed by atoms with Crippen LogP contribution in [-0.4, -0.2) is 17.3 Å². The van der Waals surface area contributed by atoms with Gasteiger partial charge in [-0.3, -0.25) is 0 Å². The van der Waals surface area contributed by atoms with Gasteiger partial charge in [0.1, 0.15) is 6.07 Å². The van der Waals surface area contributed by atoms with Gasteiger partial charge in [-0.2, -0.15) is 18.4 Å². The van der Waals surface area contributed by atoms with Crippen molar-refractivity contribution < 1.29 is 18.3 Å². The highest BCUT2D eigenvalue weighted by Crippen LogP contribution is 2.37. The minimum atomic E-state index is -4.46. The second kappa shape index (κ2) is 4.74. The van der Waals surface area contributed by atoms with Crippen molar-refractivity contribution in [1.82, 2.24) is 0 Å². The number of nitriles is 1. The fourth-order valence-corrected chi connectivity index (χ4v) is 2.13. The van der Waals surface area contributed by atoms with Crippen LogP contribution >= 0.6 is 0 Å². The Kier molecular flexibility index (Phi) is 3.42. The molecule has 2 rings (SSSR count). The molecule has 0 heterocycles. The van der Waals surface area contributed by atoms with Crippen LogP contribution in [0.25, 0.3) is 0 Å². The molecule has 0 atom stereocenters. The minimum Gasteiger partial charge on any atom is -0.394 e. The summed E-state index contributed by atoms with van der Waals surface area (Å²) in [5.74, 6) is 0. The monoisotopic (exact) mass is 270 g/mol. The maximum atomic E-state index is 12.5. The molecular weight excluding hydrogens is 257 g/mol. The fourth-order valence-electron chi connectivity index (χ4n) is 2.13. The molecule has 3 nitrogen and oxygen atoms in total. The number of rotatable bonds is 3. The quantitative estimate of drug-likeness (QED) is 0.888. The number of nitrogens with zero attached hydrogens (tertiary/aromatic N) is 1. The highest BCUT2D eigenvalue weighted by atomic mass is 19.4. The molecule has 0 bridgehead atoms. The van der Waals surface area contributed by atoms with Gasteiger partial charge in [0.2, 0.25) is 0 Å². The SMILES string of the molecule is N#Cc1cc(C(F)(F)F)ccc1NC1(CO)CCC1. The Bertz CT molecular complexity index is 510. The smallest absolute Gasteiger partial charge is 0.394 e. The Morgan fingerprint density at radius 3 is 2.47 bits per heavy atom. The fraction of sp³-hybridized carbons (Fsp3) is 0.462. The van der Waals surface area contributed by atoms with Crippen LogP contribution in [0.4, 0.5) is 18.9 Å². The highest BCUT2D eigenvalue weighted by molar-refractivity contribution is 5.60. The normalized spacial score (nSPS) is 17.4. The molecule has 6 heteroatoms. The Morgan fingerprint density at radius 2 is 2.05 bits per heavy atom. The number of hydrogen-bond donors (Lipinski definition) is 2. The van der Waals surface area contributed by atoms with E-state index in [-0.39, 0.29) is 12.2 Å². The number of anilines is 1. The number of nitrogens with one attached hydrogen (secondary N) is 1. The molecule has 1 saturated carbocycles. The van der Waals surface area contributed by atoms with Crippen molar-refractivity contribution in [2.45, 2.75) is 31.0 Å². The largest absolute Gasteiger partial charge is 0.416 e. The molecule has 0 saturated heterocycles. The summed E-state index contributed by atoms with van der Waals surface area (Å²) in [5, 5.41) is 21.3. The van der Waals surface area contributed by atoms with Crippen LogP contribution in [0.3, 0.4) is 0 Å². The van der Waals surface area contributed by atoms with Crippen LogP contribution in [0.15, 0.2) is 18.2 Å². The van der Waals surface area contributed by atoms with Crippen LogP contribution < -0.4 is 5.32 Å². The van der Waals surface area contributed by atoms with Gasteiger partial charge >= 0.3 is 6.18 Å². The number of hydrogen-bond acceptors (Lipinski definition) is 3. The Balaban J connectivity index is 2.30. The Morgan fingerprint density at radius 1 is 1.37 bits per heavy atom. The molecule has 2 N–H and O–H groups in total. The molecule has 0 unspecified atom stereocenters. The molecule has 1 aromatic carbocycles. The first kappa shape index (κ1) is 13.7. The van der Waals surface area contributed by atoms with E-state index in [1.807, 2.05) is 0 Å². The van der Waals surface area contributed by atoms with Gasteiger partial charge in [-0.1, -0.05) is 0 Å². The predicted octanol–water partition coefficient (Wildman–Crippen LogP) is 2.90. The number of alkyl halides is 3. The molecule has 0 amide bonds. The van der Waals surface area contributed by atoms with Crippen molar-refractivity contribution in [1.29, 1.82) is 5.26 Å². The molecule has 1 aliphatic carbocycles. The molecule has 0 spiro atoms. The molecule has 0 radical (unpaired) electrons. The average molecular weight is 270 g/mol. The lowest BCUT2D eigenvalue weighted by Crippen LogP contribution is -2.48. The summed E-state index contributed by atoms with van der Waals surface area (Å²) < 4.78 is 37.6. The predicted molar refractivity (Wildman–Crippen MR) is 63.4 cm³/mol. The van der Waals surface area contributed by atoms with Gasteiger partial charge in [0, 0.05) is 0 Å². The zero-order chi connectivity index (χ0) is 14.1. The van der Waals surface area contributed by atoms with Gasteiger partial charge in [0.15, 0.2) is 0 Å². The molecule has 1 aromatic rings. The molecule has 0 aliphatic heterocycles. The van der Waals surface area contributed by atoms with Crippen LogP contribution in [0.2, 0.25) is 0 Å². The van der Waals surface area contributed by atoms with Crippen molar-refractivity contribution in [3.05, 3.63) is 29.3 Å². The molecule has 1 fully saturated rings. The molecular formula is C13H13F3N2O. The van der Waals surface area contributed by atoms with E-state index in [0.29, 0.717) is 5.69 Å². The minimum absolute atomic E-state index is 0.0606. The summed E-state index contributed by atoms with van der Waals surface area (Å²) in [6.45, 7) is -0.0983. The van der Waals surface area contributed by atoms with Crippen LogP contribution in [0, 0.1) is 11.3 Å². The summed E-state index contributed by atoms with van der Waals surface area (Å²) in [6.07, 6.45) is -2.02. The zero-order valence-corrected chi connectivity index (χ0v) is 10.1. The third-order valence-electron chi connectivity index (χ3n) is 3.48. The van der Waals surface area contributed by atoms with E-state index in [4.69, 9.17) is 5.26 Å². The van der Waals surface area contributed by atoms with E-state index in [0.717, 1.165) is 31.4 Å². The van der Waals surface area contributed by atoms with Crippen molar-refractivity contribution in [2.24, 2.45) is 0 Å². The maximum Gasteiger partial charge on any atom is 0.416 e. The maximum absolute atomic E-state index is 12.5. The van der Waals surface area contributed by atoms with Crippen molar-refractivity contribution >= 4 is 5.69 Å². The van der Waals surface area contributed by atoms with Gasteiger partial charge in [-0.25, -0.2) is 0 Å². The average Bonchev–Trinajstić information content (AvgIpc) is 2.32. The highest BCUT2D eigenvalue weighted by Gasteiger charge is 2.37. The van der Waals surface area contributed by atoms with Gasteiger partial charge in [-0.05, 0) is 37.5 Å². The molecule has 19 heavy (non-hydrogen) atoms. The van der Waals surface area contributed by atoms with Crippen molar-refractivity contribution in [3.63, 3.8) is 0 Å². The third-order valence-corrected chi connectivity index (χ3v) is 3.48. The number of benzene rings is 1. The lowest BCUT2D eigenvalue weighted by molar-refractivity contribution is -0.137. The van der Waals surface area contributed by atoms with Crippen LogP contribution in [0.1, 0.15) is 30.4 Å². The number of halogens is 3. The second-order valence-corrected chi connectivity index (χ2v) is 4.79. The summed E-state index contributed by atoms with van der Waals surface area (Å²) >= 11 is 0. The molecule has 102 valence electrons. The van der Waals surface area contributed by atoms with Crippen LogP contribution in [-0.2, 0) is 6.18 Å². The van der Waals surface area contributed by atoms with Crippen molar-refractivity contribution in [3.8, 4) is 6.07 Å². The first-order valence-electron chi connectivity index (χ1n) is 5.91. The van der Waals surface area contributed by atoms with E-state index in [1.54, 1.807) is 6.07 Å². The standard InChI is InChI=1S/C13H13F3N2O/c14-13(15,16)10-2-3-11(9(6-10)7-17)18-12(8-19)4-1-5-12/h2-3,6,18-19H,1,4-5,8H2. The Hall–Kier alpha value is -1.74. The van der Waals surface area contributed by atoms with E-state index in [2.05, 4.69) is 5.32 Å². The first-order chi connectivity index (χ1) is 8.90. The van der Waals surface area contributed by atoms with Crippen LogP contribution in [0.5, 0.6) is 0 Å². The first-order valence-corrected chi connectivity index (χ1v) is 5.91. The number of aliphatic hydroxyl groups is 1. The summed E-state index contributed by atoms with van der Waals surface area (Å²) in [5.41, 5.74) is -1.06. The summed E-state index contributed by atoms with van der Waals surface area (Å²) in [4.78, 5) is 0. The zero-order valence-electron chi connectivity index (χ0n) is 10.1. The summed E-state index contributed by atoms with van der Waals surface area (Å²) in [6, 6.07) is 4.77. The van der Waals surface area contributed by atoms with Gasteiger partial charge in [0.25, 0.3) is 0 Å². The second-order valence-electron chi connectivity index (χ2n) is 4.79. The topological polar surface area (TPSA) is 56.0 Å². The van der Waals surface area contributed by atoms with E-state index in [9.17, 15) is 18.3 Å². The summed E-state index contributed by atoms with van der Waals surface area (Å²) in [7, 11) is 0. The van der Waals surface area contributed by atoms with E-state index < -0.39 is 17.3 Å². The lowest BCUT2D eigenvalue weighted by atomic mass is 9.77. The van der Waals surface area contributed by atoms with E-state index >= 15 is 0 Å². The Labute approximate surface area is 108 Å². The van der Waals surface area contributed by atoms with E-state index in [1.165, 1.54) is 6.07 Å². The van der Waals surface area contributed by atoms with Gasteiger partial charge in [0.05, 0.1) is 29.0 Å².